The quantitative estimate of drug-likeness (QED) is 0.833. The Balaban J connectivity index is 2.40. The molecule has 1 unspecified atom stereocenters. The van der Waals surface area contributed by atoms with E-state index < -0.39 is 30.0 Å². The number of carbonyl (C=O) groups excluding carboxylic acids is 2. The van der Waals surface area contributed by atoms with E-state index in [0.717, 1.165) is 0 Å². The summed E-state index contributed by atoms with van der Waals surface area (Å²) < 4.78 is 0. The third-order valence-electron chi connectivity index (χ3n) is 3.07. The second-order valence-corrected chi connectivity index (χ2v) is 5.28. The van der Waals surface area contributed by atoms with Crippen molar-refractivity contribution in [2.24, 2.45) is 0 Å². The average molecular weight is 317 g/mol. The number of amides is 3. The topological polar surface area (TPSA) is 86.7 Å². The van der Waals surface area contributed by atoms with Gasteiger partial charge in [-0.2, -0.15) is 0 Å². The molecule has 3 amide bonds. The normalized spacial score (nSPS) is 22.1. The molecule has 1 aliphatic heterocycles. The SMILES string of the molecule is CC1(c2ccc(Cl)c(Cl)c2)NC(=O)N(CC(=O)O)C1=O. The van der Waals surface area contributed by atoms with E-state index in [1.165, 1.54) is 19.1 Å². The zero-order valence-corrected chi connectivity index (χ0v) is 11.8. The molecule has 0 bridgehead atoms. The standard InChI is InChI=1S/C12H10Cl2N2O4/c1-12(6-2-3-7(13)8(14)4-6)10(19)16(5-9(17)18)11(20)15-12/h2-4H,5H2,1H3,(H,15,20)(H,17,18). The number of carbonyl (C=O) groups is 3. The Labute approximate surface area is 124 Å². The molecule has 1 atom stereocenters. The number of hydrogen-bond donors (Lipinski definition) is 2. The minimum Gasteiger partial charge on any atom is -0.480 e. The molecule has 20 heavy (non-hydrogen) atoms. The maximum absolute atomic E-state index is 12.3. The molecule has 8 heteroatoms. The van der Waals surface area contributed by atoms with E-state index in [9.17, 15) is 14.4 Å². The number of halogens is 2. The van der Waals surface area contributed by atoms with Crippen molar-refractivity contribution in [2.45, 2.75) is 12.5 Å². The molecule has 0 spiro atoms. The lowest BCUT2D eigenvalue weighted by molar-refractivity contribution is -0.142. The molecule has 6 nitrogen and oxygen atoms in total. The number of nitrogens with one attached hydrogen (secondary N) is 1. The van der Waals surface area contributed by atoms with E-state index in [1.807, 2.05) is 0 Å². The highest BCUT2D eigenvalue weighted by Crippen LogP contribution is 2.32. The summed E-state index contributed by atoms with van der Waals surface area (Å²) in [6, 6.07) is 3.76. The molecule has 1 aromatic rings. The van der Waals surface area contributed by atoms with E-state index in [2.05, 4.69) is 5.32 Å². The maximum atomic E-state index is 12.3. The molecular formula is C12H10Cl2N2O4. The highest BCUT2D eigenvalue weighted by atomic mass is 35.5. The summed E-state index contributed by atoms with van der Waals surface area (Å²) in [6.45, 7) is 0.788. The molecule has 2 N–H and O–H groups in total. The van der Waals surface area contributed by atoms with Crippen LogP contribution in [0.15, 0.2) is 18.2 Å². The summed E-state index contributed by atoms with van der Waals surface area (Å²) in [5.74, 6) is -1.92. The second-order valence-electron chi connectivity index (χ2n) is 4.47. The van der Waals surface area contributed by atoms with Gasteiger partial charge >= 0.3 is 12.0 Å². The van der Waals surface area contributed by atoms with Crippen molar-refractivity contribution in [2.75, 3.05) is 6.54 Å². The van der Waals surface area contributed by atoms with Crippen molar-refractivity contribution in [3.05, 3.63) is 33.8 Å². The van der Waals surface area contributed by atoms with Gasteiger partial charge < -0.3 is 10.4 Å². The van der Waals surface area contributed by atoms with E-state index in [4.69, 9.17) is 28.3 Å². The van der Waals surface area contributed by atoms with E-state index in [1.54, 1.807) is 6.07 Å². The molecule has 1 saturated heterocycles. The molecular weight excluding hydrogens is 307 g/mol. The molecule has 0 saturated carbocycles. The summed E-state index contributed by atoms with van der Waals surface area (Å²) in [4.78, 5) is 35.3. The van der Waals surface area contributed by atoms with Gasteiger partial charge in [0.05, 0.1) is 10.0 Å². The first-order chi connectivity index (χ1) is 9.25. The number of nitrogens with zero attached hydrogens (tertiary/aromatic N) is 1. The van der Waals surface area contributed by atoms with Crippen LogP contribution in [-0.2, 0) is 15.1 Å². The molecule has 1 aromatic carbocycles. The van der Waals surface area contributed by atoms with Gasteiger partial charge in [0, 0.05) is 0 Å². The second kappa shape index (κ2) is 4.96. The summed E-state index contributed by atoms with van der Waals surface area (Å²) in [5, 5.41) is 11.7. The van der Waals surface area contributed by atoms with Crippen LogP contribution in [0.1, 0.15) is 12.5 Å². The number of hydrogen-bond acceptors (Lipinski definition) is 3. The van der Waals surface area contributed by atoms with Gasteiger partial charge in [0.25, 0.3) is 5.91 Å². The summed E-state index contributed by atoms with van der Waals surface area (Å²) in [6.07, 6.45) is 0. The third kappa shape index (κ3) is 2.32. The van der Waals surface area contributed by atoms with Crippen molar-refractivity contribution in [3.8, 4) is 0 Å². The molecule has 2 rings (SSSR count). The molecule has 0 aromatic heterocycles. The minimum absolute atomic E-state index is 0.240. The van der Waals surface area contributed by atoms with Gasteiger partial charge in [-0.1, -0.05) is 29.3 Å². The molecule has 1 aliphatic rings. The number of rotatable bonds is 3. The van der Waals surface area contributed by atoms with Crippen LogP contribution < -0.4 is 5.32 Å². The van der Waals surface area contributed by atoms with Crippen LogP contribution >= 0.6 is 23.2 Å². The number of urea groups is 1. The first-order valence-electron chi connectivity index (χ1n) is 5.57. The zero-order valence-electron chi connectivity index (χ0n) is 10.3. The lowest BCUT2D eigenvalue weighted by Gasteiger charge is -2.22. The van der Waals surface area contributed by atoms with Gasteiger partial charge in [-0.25, -0.2) is 4.79 Å². The Hall–Kier alpha value is -1.79. The largest absolute Gasteiger partial charge is 0.480 e. The monoisotopic (exact) mass is 316 g/mol. The Morgan fingerprint density at radius 1 is 1.35 bits per heavy atom. The van der Waals surface area contributed by atoms with Crippen LogP contribution in [0, 0.1) is 0 Å². The zero-order chi connectivity index (χ0) is 15.1. The van der Waals surface area contributed by atoms with E-state index in [0.29, 0.717) is 15.5 Å². The van der Waals surface area contributed by atoms with Crippen LogP contribution in [0.25, 0.3) is 0 Å². The molecule has 106 valence electrons. The highest BCUT2D eigenvalue weighted by Gasteiger charge is 2.49. The van der Waals surface area contributed by atoms with Gasteiger partial charge in [-0.3, -0.25) is 14.5 Å². The Morgan fingerprint density at radius 3 is 2.55 bits per heavy atom. The summed E-state index contributed by atoms with van der Waals surface area (Å²) in [5.41, 5.74) is -0.932. The summed E-state index contributed by atoms with van der Waals surface area (Å²) >= 11 is 11.7. The van der Waals surface area contributed by atoms with Crippen molar-refractivity contribution in [1.29, 1.82) is 0 Å². The van der Waals surface area contributed by atoms with Gasteiger partial charge in [0.1, 0.15) is 12.1 Å². The number of carboxylic acids is 1. The minimum atomic E-state index is -1.36. The van der Waals surface area contributed by atoms with Crippen molar-refractivity contribution < 1.29 is 19.5 Å². The number of benzene rings is 1. The van der Waals surface area contributed by atoms with Gasteiger partial charge in [-0.15, -0.1) is 0 Å². The molecule has 0 radical (unpaired) electrons. The fourth-order valence-electron chi connectivity index (χ4n) is 1.98. The lowest BCUT2D eigenvalue weighted by atomic mass is 9.92. The molecule has 1 fully saturated rings. The Kier molecular flexibility index (Phi) is 3.62. The lowest BCUT2D eigenvalue weighted by Crippen LogP contribution is -2.41. The van der Waals surface area contributed by atoms with Crippen molar-refractivity contribution >= 4 is 41.1 Å². The third-order valence-corrected chi connectivity index (χ3v) is 3.80. The Bertz CT molecular complexity index is 619. The summed E-state index contributed by atoms with van der Waals surface area (Å²) in [7, 11) is 0. The maximum Gasteiger partial charge on any atom is 0.325 e. The highest BCUT2D eigenvalue weighted by molar-refractivity contribution is 6.42. The smallest absolute Gasteiger partial charge is 0.325 e. The van der Waals surface area contributed by atoms with Crippen LogP contribution in [0.4, 0.5) is 4.79 Å². The fraction of sp³-hybridized carbons (Fsp3) is 0.250. The number of aliphatic carboxylic acids is 1. The Morgan fingerprint density at radius 2 is 2.00 bits per heavy atom. The fourth-order valence-corrected chi connectivity index (χ4v) is 2.28. The average Bonchev–Trinajstić information content (AvgIpc) is 2.57. The van der Waals surface area contributed by atoms with Gasteiger partial charge in [0.2, 0.25) is 0 Å². The van der Waals surface area contributed by atoms with E-state index in [-0.39, 0.29) is 5.02 Å². The first kappa shape index (κ1) is 14.6. The first-order valence-corrected chi connectivity index (χ1v) is 6.32. The predicted octanol–water partition coefficient (Wildman–Crippen LogP) is 1.84. The van der Waals surface area contributed by atoms with Gasteiger partial charge in [0.15, 0.2) is 0 Å². The molecule has 1 heterocycles. The van der Waals surface area contributed by atoms with Crippen LogP contribution in [-0.4, -0.2) is 34.5 Å². The van der Waals surface area contributed by atoms with Crippen LogP contribution in [0.2, 0.25) is 10.0 Å². The van der Waals surface area contributed by atoms with E-state index >= 15 is 0 Å². The van der Waals surface area contributed by atoms with Crippen LogP contribution in [0.5, 0.6) is 0 Å². The number of imide groups is 1. The van der Waals surface area contributed by atoms with Crippen molar-refractivity contribution in [1.82, 2.24) is 10.2 Å². The molecule has 0 aliphatic carbocycles. The predicted molar refractivity (Wildman–Crippen MR) is 71.7 cm³/mol. The van der Waals surface area contributed by atoms with Crippen molar-refractivity contribution in [3.63, 3.8) is 0 Å². The number of carboxylic acid groups (broad SMARTS) is 1. The van der Waals surface area contributed by atoms with Crippen LogP contribution in [0.3, 0.4) is 0 Å². The van der Waals surface area contributed by atoms with Gasteiger partial charge in [-0.05, 0) is 24.6 Å².